The summed E-state index contributed by atoms with van der Waals surface area (Å²) < 4.78 is 0. The van der Waals surface area contributed by atoms with Crippen LogP contribution >= 0.6 is 0 Å². The molecule has 0 fully saturated rings. The van der Waals surface area contributed by atoms with Gasteiger partial charge in [0.25, 0.3) is 0 Å². The molecule has 3 aromatic rings. The van der Waals surface area contributed by atoms with E-state index in [-0.39, 0.29) is 6.04 Å². The Morgan fingerprint density at radius 3 is 2.68 bits per heavy atom. The summed E-state index contributed by atoms with van der Waals surface area (Å²) in [6.07, 6.45) is 6.98. The van der Waals surface area contributed by atoms with Crippen LogP contribution in [0, 0.1) is 0 Å². The number of pyridine rings is 1. The molecule has 0 bridgehead atoms. The van der Waals surface area contributed by atoms with Gasteiger partial charge in [0.15, 0.2) is 0 Å². The molecule has 0 saturated carbocycles. The van der Waals surface area contributed by atoms with Gasteiger partial charge >= 0.3 is 0 Å². The molecule has 0 spiro atoms. The zero-order valence-electron chi connectivity index (χ0n) is 10.6. The zero-order chi connectivity index (χ0) is 13.1. The first-order valence-electron chi connectivity index (χ1n) is 6.17. The lowest BCUT2D eigenvalue weighted by molar-refractivity contribution is 0.670. The van der Waals surface area contributed by atoms with Crippen LogP contribution in [0.25, 0.3) is 10.9 Å². The number of para-hydroxylation sites is 1. The van der Waals surface area contributed by atoms with Crippen LogP contribution in [-0.2, 0) is 0 Å². The van der Waals surface area contributed by atoms with E-state index >= 15 is 0 Å². The monoisotopic (exact) mass is 250 g/mol. The van der Waals surface area contributed by atoms with E-state index in [1.54, 1.807) is 18.6 Å². The van der Waals surface area contributed by atoms with Crippen molar-refractivity contribution < 1.29 is 0 Å². The molecule has 0 amide bonds. The van der Waals surface area contributed by atoms with Gasteiger partial charge in [0, 0.05) is 29.5 Å². The van der Waals surface area contributed by atoms with Crippen molar-refractivity contribution in [3.05, 3.63) is 66.4 Å². The Hall–Kier alpha value is -2.33. The molecule has 4 nitrogen and oxygen atoms in total. The van der Waals surface area contributed by atoms with Crippen LogP contribution in [0.15, 0.2) is 55.1 Å². The third-order valence-electron chi connectivity index (χ3n) is 3.14. The summed E-state index contributed by atoms with van der Waals surface area (Å²) in [5.74, 6) is 0. The van der Waals surface area contributed by atoms with Crippen molar-refractivity contribution in [1.82, 2.24) is 20.3 Å². The lowest BCUT2D eigenvalue weighted by Crippen LogP contribution is -2.19. The second kappa shape index (κ2) is 5.12. The van der Waals surface area contributed by atoms with Gasteiger partial charge in [-0.15, -0.1) is 0 Å². The predicted octanol–water partition coefficient (Wildman–Crippen LogP) is 2.33. The summed E-state index contributed by atoms with van der Waals surface area (Å²) in [5.41, 5.74) is 3.00. The summed E-state index contributed by atoms with van der Waals surface area (Å²) in [6.45, 7) is 0. The van der Waals surface area contributed by atoms with Crippen molar-refractivity contribution in [3.8, 4) is 0 Å². The highest BCUT2D eigenvalue weighted by Gasteiger charge is 2.16. The van der Waals surface area contributed by atoms with E-state index in [0.29, 0.717) is 0 Å². The number of fused-ring (bicyclic) bond motifs is 1. The van der Waals surface area contributed by atoms with Crippen molar-refractivity contribution in [3.63, 3.8) is 0 Å². The summed E-state index contributed by atoms with van der Waals surface area (Å²) in [5, 5.41) is 4.41. The maximum absolute atomic E-state index is 4.49. The normalized spacial score (nSPS) is 12.5. The number of hydrogen-bond donors (Lipinski definition) is 1. The van der Waals surface area contributed by atoms with Gasteiger partial charge in [-0.25, -0.2) is 0 Å². The molecule has 0 aliphatic rings. The van der Waals surface area contributed by atoms with Gasteiger partial charge in [-0.3, -0.25) is 15.0 Å². The maximum Gasteiger partial charge on any atom is 0.0802 e. The number of benzene rings is 1. The van der Waals surface area contributed by atoms with Gasteiger partial charge < -0.3 is 5.32 Å². The van der Waals surface area contributed by atoms with Gasteiger partial charge in [0.1, 0.15) is 0 Å². The van der Waals surface area contributed by atoms with Gasteiger partial charge in [-0.2, -0.15) is 0 Å². The van der Waals surface area contributed by atoms with Crippen molar-refractivity contribution in [2.24, 2.45) is 0 Å². The Morgan fingerprint density at radius 2 is 1.89 bits per heavy atom. The highest BCUT2D eigenvalue weighted by Crippen LogP contribution is 2.25. The molecule has 0 aliphatic heterocycles. The molecule has 0 radical (unpaired) electrons. The standard InChI is InChI=1S/C15H14N4/c1-16-15(13-10-17-8-9-18-13)12-6-2-4-11-5-3-7-19-14(11)12/h2-10,15-16H,1H3. The molecule has 1 unspecified atom stereocenters. The quantitative estimate of drug-likeness (QED) is 0.775. The van der Waals surface area contributed by atoms with E-state index in [0.717, 1.165) is 22.2 Å². The minimum absolute atomic E-state index is 0.00713. The fourth-order valence-corrected chi connectivity index (χ4v) is 2.28. The number of rotatable bonds is 3. The second-order valence-corrected chi connectivity index (χ2v) is 4.27. The zero-order valence-corrected chi connectivity index (χ0v) is 10.6. The van der Waals surface area contributed by atoms with Gasteiger partial charge in [0.05, 0.1) is 23.4 Å². The number of hydrogen-bond acceptors (Lipinski definition) is 4. The third-order valence-corrected chi connectivity index (χ3v) is 3.14. The fourth-order valence-electron chi connectivity index (χ4n) is 2.28. The first-order valence-corrected chi connectivity index (χ1v) is 6.17. The molecule has 1 atom stereocenters. The van der Waals surface area contributed by atoms with Crippen LogP contribution in [0.1, 0.15) is 17.3 Å². The molecule has 0 saturated heterocycles. The van der Waals surface area contributed by atoms with Crippen molar-refractivity contribution in [1.29, 1.82) is 0 Å². The van der Waals surface area contributed by atoms with Crippen molar-refractivity contribution in [2.75, 3.05) is 7.05 Å². The van der Waals surface area contributed by atoms with Crippen LogP contribution in [0.2, 0.25) is 0 Å². The van der Waals surface area contributed by atoms with Crippen LogP contribution in [0.3, 0.4) is 0 Å². The van der Waals surface area contributed by atoms with Gasteiger partial charge in [-0.1, -0.05) is 24.3 Å². The minimum Gasteiger partial charge on any atom is -0.308 e. The van der Waals surface area contributed by atoms with Crippen LogP contribution in [0.4, 0.5) is 0 Å². The fraction of sp³-hybridized carbons (Fsp3) is 0.133. The molecule has 94 valence electrons. The average molecular weight is 250 g/mol. The largest absolute Gasteiger partial charge is 0.308 e. The number of nitrogens with zero attached hydrogens (tertiary/aromatic N) is 3. The van der Waals surface area contributed by atoms with Gasteiger partial charge in [0.2, 0.25) is 0 Å². The summed E-state index contributed by atoms with van der Waals surface area (Å²) in [4.78, 5) is 13.0. The molecule has 2 heterocycles. The highest BCUT2D eigenvalue weighted by molar-refractivity contribution is 5.82. The van der Waals surface area contributed by atoms with E-state index in [1.165, 1.54) is 0 Å². The van der Waals surface area contributed by atoms with Crippen molar-refractivity contribution >= 4 is 10.9 Å². The molecule has 4 heteroatoms. The first-order chi connectivity index (χ1) is 9.40. The van der Waals surface area contributed by atoms with Crippen LogP contribution < -0.4 is 5.32 Å². The minimum atomic E-state index is -0.00713. The molecular formula is C15H14N4. The first kappa shape index (κ1) is 11.7. The molecule has 0 aliphatic carbocycles. The van der Waals surface area contributed by atoms with E-state index in [1.807, 2.05) is 25.4 Å². The Balaban J connectivity index is 2.17. The topological polar surface area (TPSA) is 50.7 Å². The Kier molecular flexibility index (Phi) is 3.16. The predicted molar refractivity (Wildman–Crippen MR) is 74.7 cm³/mol. The third kappa shape index (κ3) is 2.18. The lowest BCUT2D eigenvalue weighted by Gasteiger charge is -2.17. The Morgan fingerprint density at radius 1 is 1.00 bits per heavy atom. The smallest absolute Gasteiger partial charge is 0.0802 e. The molecule has 1 N–H and O–H groups in total. The van der Waals surface area contributed by atoms with E-state index in [9.17, 15) is 0 Å². The molecule has 19 heavy (non-hydrogen) atoms. The van der Waals surface area contributed by atoms with Crippen LogP contribution in [-0.4, -0.2) is 22.0 Å². The average Bonchev–Trinajstić information content (AvgIpc) is 2.49. The molecule has 2 aromatic heterocycles. The Labute approximate surface area is 111 Å². The Bertz CT molecular complexity index is 677. The lowest BCUT2D eigenvalue weighted by atomic mass is 10.0. The van der Waals surface area contributed by atoms with E-state index < -0.39 is 0 Å². The van der Waals surface area contributed by atoms with Gasteiger partial charge in [-0.05, 0) is 13.1 Å². The molecule has 1 aromatic carbocycles. The summed E-state index contributed by atoms with van der Waals surface area (Å²) in [7, 11) is 1.92. The van der Waals surface area contributed by atoms with E-state index in [2.05, 4.69) is 38.5 Å². The maximum atomic E-state index is 4.49. The number of nitrogens with one attached hydrogen (secondary N) is 1. The van der Waals surface area contributed by atoms with Crippen molar-refractivity contribution in [2.45, 2.75) is 6.04 Å². The number of aromatic nitrogens is 3. The molecular weight excluding hydrogens is 236 g/mol. The summed E-state index contributed by atoms with van der Waals surface area (Å²) in [6, 6.07) is 10.2. The highest BCUT2D eigenvalue weighted by atomic mass is 14.9. The van der Waals surface area contributed by atoms with E-state index in [4.69, 9.17) is 0 Å². The summed E-state index contributed by atoms with van der Waals surface area (Å²) >= 11 is 0. The SMILES string of the molecule is CNC(c1cnccn1)c1cccc2cccnc12. The molecule has 3 rings (SSSR count). The second-order valence-electron chi connectivity index (χ2n) is 4.27. The van der Waals surface area contributed by atoms with Crippen LogP contribution in [0.5, 0.6) is 0 Å².